The van der Waals surface area contributed by atoms with Crippen molar-refractivity contribution in [3.63, 3.8) is 0 Å². The van der Waals surface area contributed by atoms with E-state index < -0.39 is 0 Å². The quantitative estimate of drug-likeness (QED) is 0.773. The molecule has 2 rings (SSSR count). The third kappa shape index (κ3) is 2.21. The van der Waals surface area contributed by atoms with E-state index in [0.717, 1.165) is 25.0 Å². The van der Waals surface area contributed by atoms with Crippen molar-refractivity contribution in [1.82, 2.24) is 9.97 Å². The van der Waals surface area contributed by atoms with E-state index in [1.165, 1.54) is 0 Å². The first-order valence-electron chi connectivity index (χ1n) is 5.04. The minimum absolute atomic E-state index is 0.133. The third-order valence-corrected chi connectivity index (χ3v) is 3.00. The fraction of sp³-hybridized carbons (Fsp3) is 0.600. The Labute approximate surface area is 93.7 Å². The van der Waals surface area contributed by atoms with E-state index >= 15 is 0 Å². The van der Waals surface area contributed by atoms with Gasteiger partial charge in [-0.25, -0.2) is 9.97 Å². The Morgan fingerprint density at radius 1 is 1.53 bits per heavy atom. The van der Waals surface area contributed by atoms with Gasteiger partial charge in [-0.3, -0.25) is 0 Å². The molecule has 15 heavy (non-hydrogen) atoms. The Hall–Kier alpha value is -0.870. The molecule has 1 fully saturated rings. The molecule has 1 aromatic heterocycles. The summed E-state index contributed by atoms with van der Waals surface area (Å²) in [5.74, 6) is 0.696. The molecule has 0 atom stereocenters. The van der Waals surface area contributed by atoms with Crippen LogP contribution in [0.15, 0.2) is 6.07 Å². The van der Waals surface area contributed by atoms with Crippen LogP contribution < -0.4 is 5.32 Å². The number of anilines is 1. The maximum absolute atomic E-state index is 9.30. The van der Waals surface area contributed by atoms with Crippen LogP contribution in [0, 0.1) is 6.92 Å². The number of aryl methyl sites for hydroxylation is 1. The van der Waals surface area contributed by atoms with Crippen molar-refractivity contribution in [3.8, 4) is 0 Å². The predicted octanol–water partition coefficient (Wildman–Crippen LogP) is 1.77. The number of rotatable bonds is 3. The summed E-state index contributed by atoms with van der Waals surface area (Å²) in [6.45, 7) is 2.00. The maximum atomic E-state index is 9.30. The van der Waals surface area contributed by atoms with Crippen LogP contribution in [0.2, 0.25) is 5.28 Å². The van der Waals surface area contributed by atoms with Crippen LogP contribution in [0.5, 0.6) is 0 Å². The third-order valence-electron chi connectivity index (χ3n) is 2.83. The highest BCUT2D eigenvalue weighted by molar-refractivity contribution is 6.28. The lowest BCUT2D eigenvalue weighted by molar-refractivity contribution is 0.144. The van der Waals surface area contributed by atoms with Crippen molar-refractivity contribution in [3.05, 3.63) is 17.0 Å². The van der Waals surface area contributed by atoms with Gasteiger partial charge in [0.2, 0.25) is 5.28 Å². The van der Waals surface area contributed by atoms with Crippen LogP contribution >= 0.6 is 11.6 Å². The molecule has 5 heteroatoms. The zero-order valence-corrected chi connectivity index (χ0v) is 9.38. The lowest BCUT2D eigenvalue weighted by atomic mass is 9.77. The smallest absolute Gasteiger partial charge is 0.224 e. The van der Waals surface area contributed by atoms with E-state index in [1.54, 1.807) is 0 Å². The van der Waals surface area contributed by atoms with Gasteiger partial charge in [0.25, 0.3) is 0 Å². The summed E-state index contributed by atoms with van der Waals surface area (Å²) >= 11 is 5.76. The number of hydrogen-bond acceptors (Lipinski definition) is 4. The van der Waals surface area contributed by atoms with Gasteiger partial charge >= 0.3 is 0 Å². The lowest BCUT2D eigenvalue weighted by Gasteiger charge is -2.41. The van der Waals surface area contributed by atoms with Crippen molar-refractivity contribution in [2.45, 2.75) is 31.7 Å². The van der Waals surface area contributed by atoms with Gasteiger partial charge in [-0.05, 0) is 37.8 Å². The lowest BCUT2D eigenvalue weighted by Crippen LogP contribution is -2.48. The van der Waals surface area contributed by atoms with E-state index in [1.807, 2.05) is 13.0 Å². The van der Waals surface area contributed by atoms with E-state index in [2.05, 4.69) is 15.3 Å². The standard InChI is InChI=1S/C10H14ClN3O/c1-7-5-8(13-9(11)12-7)14-10(6-15)3-2-4-10/h5,15H,2-4,6H2,1H3,(H,12,13,14). The summed E-state index contributed by atoms with van der Waals surface area (Å²) in [5, 5.41) is 12.8. The molecular formula is C10H14ClN3O. The summed E-state index contributed by atoms with van der Waals surface area (Å²) < 4.78 is 0. The number of hydrogen-bond donors (Lipinski definition) is 2. The molecule has 0 unspecified atom stereocenters. The fourth-order valence-corrected chi connectivity index (χ4v) is 2.02. The van der Waals surface area contributed by atoms with Crippen LogP contribution in [0.1, 0.15) is 25.0 Å². The van der Waals surface area contributed by atoms with Gasteiger partial charge in [-0.1, -0.05) is 0 Å². The van der Waals surface area contributed by atoms with E-state index in [0.29, 0.717) is 5.82 Å². The average molecular weight is 228 g/mol. The summed E-state index contributed by atoms with van der Waals surface area (Å²) in [6.07, 6.45) is 3.10. The van der Waals surface area contributed by atoms with Crippen LogP contribution in [0.25, 0.3) is 0 Å². The SMILES string of the molecule is Cc1cc(NC2(CO)CCC2)nc(Cl)n1. The van der Waals surface area contributed by atoms with Gasteiger partial charge in [0.1, 0.15) is 5.82 Å². The summed E-state index contributed by atoms with van der Waals surface area (Å²) in [4.78, 5) is 8.07. The van der Waals surface area contributed by atoms with E-state index in [4.69, 9.17) is 11.6 Å². The van der Waals surface area contributed by atoms with Crippen molar-refractivity contribution < 1.29 is 5.11 Å². The molecule has 1 aliphatic carbocycles. The Balaban J connectivity index is 2.16. The molecule has 0 spiro atoms. The summed E-state index contributed by atoms with van der Waals surface area (Å²) in [7, 11) is 0. The Bertz CT molecular complexity index is 340. The molecule has 1 heterocycles. The van der Waals surface area contributed by atoms with E-state index in [9.17, 15) is 5.11 Å². The molecule has 1 saturated carbocycles. The van der Waals surface area contributed by atoms with Gasteiger partial charge in [0.15, 0.2) is 0 Å². The van der Waals surface area contributed by atoms with Crippen molar-refractivity contribution in [2.24, 2.45) is 0 Å². The number of aliphatic hydroxyl groups excluding tert-OH is 1. The monoisotopic (exact) mass is 227 g/mol. The molecule has 0 radical (unpaired) electrons. The van der Waals surface area contributed by atoms with E-state index in [-0.39, 0.29) is 17.4 Å². The van der Waals surface area contributed by atoms with Crippen LogP contribution in [-0.2, 0) is 0 Å². The van der Waals surface area contributed by atoms with Gasteiger partial charge in [-0.15, -0.1) is 0 Å². The van der Waals surface area contributed by atoms with Crippen molar-refractivity contribution in [1.29, 1.82) is 0 Å². The Morgan fingerprint density at radius 2 is 2.27 bits per heavy atom. The summed E-state index contributed by atoms with van der Waals surface area (Å²) in [6, 6.07) is 1.83. The zero-order valence-electron chi connectivity index (χ0n) is 8.63. The number of aliphatic hydroxyl groups is 1. The number of nitrogens with one attached hydrogen (secondary N) is 1. The van der Waals surface area contributed by atoms with Crippen LogP contribution in [-0.4, -0.2) is 27.2 Å². The second-order valence-electron chi connectivity index (χ2n) is 4.08. The van der Waals surface area contributed by atoms with Crippen LogP contribution in [0.3, 0.4) is 0 Å². The minimum Gasteiger partial charge on any atom is -0.394 e. The molecule has 1 aliphatic rings. The first-order valence-corrected chi connectivity index (χ1v) is 5.42. The highest BCUT2D eigenvalue weighted by Crippen LogP contribution is 2.34. The summed E-state index contributed by atoms with van der Waals surface area (Å²) in [5.41, 5.74) is 0.634. The van der Waals surface area contributed by atoms with Gasteiger partial charge in [0.05, 0.1) is 12.1 Å². The van der Waals surface area contributed by atoms with Crippen molar-refractivity contribution >= 4 is 17.4 Å². The zero-order chi connectivity index (χ0) is 10.9. The Kier molecular flexibility index (Phi) is 2.80. The molecule has 0 amide bonds. The number of aromatic nitrogens is 2. The molecule has 0 saturated heterocycles. The highest BCUT2D eigenvalue weighted by atomic mass is 35.5. The van der Waals surface area contributed by atoms with Gasteiger partial charge in [-0.2, -0.15) is 0 Å². The second kappa shape index (κ2) is 3.94. The molecule has 1 aromatic rings. The molecule has 0 aromatic carbocycles. The number of halogens is 1. The van der Waals surface area contributed by atoms with Crippen molar-refractivity contribution in [2.75, 3.05) is 11.9 Å². The second-order valence-corrected chi connectivity index (χ2v) is 4.42. The molecular weight excluding hydrogens is 214 g/mol. The molecule has 0 bridgehead atoms. The minimum atomic E-state index is -0.190. The van der Waals surface area contributed by atoms with Gasteiger partial charge < -0.3 is 10.4 Å². The normalized spacial score (nSPS) is 18.3. The average Bonchev–Trinajstić information content (AvgIpc) is 2.10. The molecule has 2 N–H and O–H groups in total. The first kappa shape index (κ1) is 10.6. The van der Waals surface area contributed by atoms with Crippen LogP contribution in [0.4, 0.5) is 5.82 Å². The largest absolute Gasteiger partial charge is 0.394 e. The Morgan fingerprint density at radius 3 is 2.73 bits per heavy atom. The number of nitrogens with zero attached hydrogens (tertiary/aromatic N) is 2. The van der Waals surface area contributed by atoms with Gasteiger partial charge in [0, 0.05) is 11.8 Å². The topological polar surface area (TPSA) is 58.0 Å². The predicted molar refractivity (Wildman–Crippen MR) is 59.1 cm³/mol. The molecule has 4 nitrogen and oxygen atoms in total. The highest BCUT2D eigenvalue weighted by Gasteiger charge is 2.36. The first-order chi connectivity index (χ1) is 7.13. The fourth-order valence-electron chi connectivity index (χ4n) is 1.79. The maximum Gasteiger partial charge on any atom is 0.224 e. The molecule has 82 valence electrons. The molecule has 0 aliphatic heterocycles.